The smallest absolute Gasteiger partial charge is 0.225 e. The third-order valence-corrected chi connectivity index (χ3v) is 7.66. The summed E-state index contributed by atoms with van der Waals surface area (Å²) in [5.74, 6) is -4.33. The van der Waals surface area contributed by atoms with Crippen LogP contribution in [0.4, 0.5) is 0 Å². The van der Waals surface area contributed by atoms with Crippen molar-refractivity contribution in [3.8, 4) is 12.1 Å². The molecule has 2 aromatic carbocycles. The van der Waals surface area contributed by atoms with Gasteiger partial charge in [-0.1, -0.05) is 42.5 Å². The first kappa shape index (κ1) is 24.1. The van der Waals surface area contributed by atoms with E-state index in [1.807, 2.05) is 6.07 Å². The maximum Gasteiger partial charge on any atom is 0.225 e. The summed E-state index contributed by atoms with van der Waals surface area (Å²) < 4.78 is 50.7. The second kappa shape index (κ2) is 10.7. The molecule has 1 amide bonds. The molecule has 0 bridgehead atoms. The van der Waals surface area contributed by atoms with Crippen LogP contribution in [0.25, 0.3) is 0 Å². The molecule has 0 aliphatic rings. The van der Waals surface area contributed by atoms with Gasteiger partial charge in [0.05, 0.1) is 46.6 Å². The van der Waals surface area contributed by atoms with E-state index in [0.717, 1.165) is 0 Å². The van der Waals surface area contributed by atoms with Crippen molar-refractivity contribution in [1.82, 2.24) is 5.32 Å². The van der Waals surface area contributed by atoms with Gasteiger partial charge in [0.1, 0.15) is 6.54 Å². The average Bonchev–Trinajstić information content (AvgIpc) is 2.71. The Morgan fingerprint density at radius 3 is 2.03 bits per heavy atom. The number of nitrogens with zero attached hydrogens (tertiary/aromatic N) is 2. The minimum atomic E-state index is -3.89. The number of rotatable bonds is 10. The van der Waals surface area contributed by atoms with Crippen molar-refractivity contribution in [2.75, 3.05) is 18.1 Å². The standard InChI is InChI=1S/C21H21N3O5S2/c22-9-10-24-21(25)20(15-30(26,27)13-17-5-2-1-3-6-17)16-31(28,29)14-19-8-4-7-18(11-19)12-23/h1-8,11,20H,10,13-16H2,(H,24,25). The van der Waals surface area contributed by atoms with Gasteiger partial charge >= 0.3 is 0 Å². The number of amides is 1. The molecular weight excluding hydrogens is 438 g/mol. The summed E-state index contributed by atoms with van der Waals surface area (Å²) in [7, 11) is -7.70. The van der Waals surface area contributed by atoms with Gasteiger partial charge in [-0.3, -0.25) is 4.79 Å². The molecule has 2 rings (SSSR count). The number of nitrogens with one attached hydrogen (secondary N) is 1. The summed E-state index contributed by atoms with van der Waals surface area (Å²) in [6.07, 6.45) is 0. The molecule has 0 aliphatic carbocycles. The molecule has 0 spiro atoms. The Labute approximate surface area is 182 Å². The Kier molecular flexibility index (Phi) is 8.31. The zero-order chi connectivity index (χ0) is 22.9. The Bertz CT molecular complexity index is 1210. The normalized spacial score (nSPS) is 12.3. The Hall–Kier alpha value is -3.21. The second-order valence-electron chi connectivity index (χ2n) is 6.98. The van der Waals surface area contributed by atoms with Crippen LogP contribution in [0.3, 0.4) is 0 Å². The van der Waals surface area contributed by atoms with Crippen LogP contribution in [-0.4, -0.2) is 40.8 Å². The third-order valence-electron chi connectivity index (χ3n) is 4.29. The monoisotopic (exact) mass is 459 g/mol. The first-order valence-electron chi connectivity index (χ1n) is 9.22. The highest BCUT2D eigenvalue weighted by atomic mass is 32.2. The van der Waals surface area contributed by atoms with Gasteiger partial charge in [0.25, 0.3) is 0 Å². The molecule has 31 heavy (non-hydrogen) atoms. The van der Waals surface area contributed by atoms with Crippen LogP contribution in [0, 0.1) is 28.6 Å². The number of hydrogen-bond acceptors (Lipinski definition) is 7. The van der Waals surface area contributed by atoms with Crippen molar-refractivity contribution in [2.45, 2.75) is 11.5 Å². The van der Waals surface area contributed by atoms with Crippen molar-refractivity contribution in [3.63, 3.8) is 0 Å². The van der Waals surface area contributed by atoms with Crippen molar-refractivity contribution in [3.05, 3.63) is 71.3 Å². The Balaban J connectivity index is 2.21. The highest BCUT2D eigenvalue weighted by Crippen LogP contribution is 2.16. The van der Waals surface area contributed by atoms with E-state index in [1.165, 1.54) is 18.2 Å². The number of hydrogen-bond donors (Lipinski definition) is 1. The number of sulfone groups is 2. The molecule has 1 N–H and O–H groups in total. The fourth-order valence-electron chi connectivity index (χ4n) is 3.01. The minimum absolute atomic E-state index is 0.293. The lowest BCUT2D eigenvalue weighted by atomic mass is 10.2. The zero-order valence-electron chi connectivity index (χ0n) is 16.6. The fourth-order valence-corrected chi connectivity index (χ4v) is 6.55. The summed E-state index contributed by atoms with van der Waals surface area (Å²) in [6, 6.07) is 18.0. The number of carbonyl (C=O) groups is 1. The summed E-state index contributed by atoms with van der Waals surface area (Å²) >= 11 is 0. The largest absolute Gasteiger partial charge is 0.343 e. The van der Waals surface area contributed by atoms with E-state index in [-0.39, 0.29) is 12.3 Å². The topological polar surface area (TPSA) is 145 Å². The molecule has 8 nitrogen and oxygen atoms in total. The van der Waals surface area contributed by atoms with Crippen LogP contribution in [0.15, 0.2) is 54.6 Å². The van der Waals surface area contributed by atoms with E-state index >= 15 is 0 Å². The predicted molar refractivity (Wildman–Crippen MR) is 115 cm³/mol. The lowest BCUT2D eigenvalue weighted by molar-refractivity contribution is -0.123. The van der Waals surface area contributed by atoms with Crippen LogP contribution < -0.4 is 5.32 Å². The van der Waals surface area contributed by atoms with Gasteiger partial charge in [0, 0.05) is 0 Å². The van der Waals surface area contributed by atoms with E-state index in [1.54, 1.807) is 42.5 Å². The van der Waals surface area contributed by atoms with Gasteiger partial charge in [0.15, 0.2) is 19.7 Å². The van der Waals surface area contributed by atoms with Crippen molar-refractivity contribution < 1.29 is 21.6 Å². The van der Waals surface area contributed by atoms with Crippen LogP contribution in [0.2, 0.25) is 0 Å². The van der Waals surface area contributed by atoms with E-state index < -0.39 is 48.8 Å². The average molecular weight is 460 g/mol. The van der Waals surface area contributed by atoms with Gasteiger partial charge in [-0.2, -0.15) is 10.5 Å². The lowest BCUT2D eigenvalue weighted by Gasteiger charge is -2.17. The van der Waals surface area contributed by atoms with Crippen LogP contribution in [0.1, 0.15) is 16.7 Å². The quantitative estimate of drug-likeness (QED) is 0.528. The molecule has 10 heteroatoms. The molecule has 162 valence electrons. The molecule has 0 aliphatic heterocycles. The van der Waals surface area contributed by atoms with Crippen molar-refractivity contribution >= 4 is 25.6 Å². The van der Waals surface area contributed by atoms with E-state index in [2.05, 4.69) is 5.32 Å². The molecule has 1 unspecified atom stereocenters. The van der Waals surface area contributed by atoms with Crippen LogP contribution in [0.5, 0.6) is 0 Å². The maximum absolute atomic E-state index is 12.7. The molecule has 0 heterocycles. The predicted octanol–water partition coefficient (Wildman–Crippen LogP) is 1.34. The van der Waals surface area contributed by atoms with E-state index in [9.17, 15) is 21.6 Å². The molecule has 0 aromatic heterocycles. The molecule has 0 saturated heterocycles. The molecule has 1 atom stereocenters. The molecule has 0 fully saturated rings. The molecule has 0 saturated carbocycles. The van der Waals surface area contributed by atoms with Crippen LogP contribution >= 0.6 is 0 Å². The van der Waals surface area contributed by atoms with Crippen molar-refractivity contribution in [1.29, 1.82) is 10.5 Å². The molecule has 0 radical (unpaired) electrons. The number of nitriles is 2. The highest BCUT2D eigenvalue weighted by Gasteiger charge is 2.30. The first-order chi connectivity index (χ1) is 14.6. The zero-order valence-corrected chi connectivity index (χ0v) is 18.2. The summed E-state index contributed by atoms with van der Waals surface area (Å²) in [5, 5.41) is 19.9. The van der Waals surface area contributed by atoms with E-state index in [0.29, 0.717) is 16.7 Å². The summed E-state index contributed by atoms with van der Waals surface area (Å²) in [6.45, 7) is -0.363. The van der Waals surface area contributed by atoms with Gasteiger partial charge in [-0.25, -0.2) is 16.8 Å². The minimum Gasteiger partial charge on any atom is -0.343 e. The Morgan fingerprint density at radius 1 is 0.871 bits per heavy atom. The van der Waals surface area contributed by atoms with Crippen LogP contribution in [-0.2, 0) is 36.0 Å². The van der Waals surface area contributed by atoms with Gasteiger partial charge < -0.3 is 5.32 Å². The number of carbonyl (C=O) groups excluding carboxylic acids is 1. The number of benzene rings is 2. The lowest BCUT2D eigenvalue weighted by Crippen LogP contribution is -2.39. The Morgan fingerprint density at radius 2 is 1.45 bits per heavy atom. The summed E-state index contributed by atoms with van der Waals surface area (Å²) in [4.78, 5) is 12.4. The first-order valence-corrected chi connectivity index (χ1v) is 12.9. The third kappa shape index (κ3) is 8.21. The van der Waals surface area contributed by atoms with Crippen molar-refractivity contribution in [2.24, 2.45) is 5.92 Å². The molecular formula is C21H21N3O5S2. The molecule has 2 aromatic rings. The fraction of sp³-hybridized carbons (Fsp3) is 0.286. The maximum atomic E-state index is 12.7. The second-order valence-corrected chi connectivity index (χ2v) is 11.2. The SMILES string of the molecule is N#CCNC(=O)C(CS(=O)(=O)Cc1ccccc1)CS(=O)(=O)Cc1cccc(C#N)c1. The summed E-state index contributed by atoms with van der Waals surface area (Å²) in [5.41, 5.74) is 1.18. The highest BCUT2D eigenvalue weighted by molar-refractivity contribution is 7.91. The van der Waals surface area contributed by atoms with Gasteiger partial charge in [-0.15, -0.1) is 0 Å². The van der Waals surface area contributed by atoms with Gasteiger partial charge in [0.2, 0.25) is 5.91 Å². The van der Waals surface area contributed by atoms with E-state index in [4.69, 9.17) is 10.5 Å². The van der Waals surface area contributed by atoms with Gasteiger partial charge in [-0.05, 0) is 23.3 Å².